The van der Waals surface area contributed by atoms with Crippen molar-refractivity contribution >= 4 is 5.97 Å². The molecule has 4 heteroatoms. The van der Waals surface area contributed by atoms with Gasteiger partial charge in [-0.25, -0.2) is 0 Å². The summed E-state index contributed by atoms with van der Waals surface area (Å²) in [5.74, 6) is -0.713. The van der Waals surface area contributed by atoms with Crippen molar-refractivity contribution in [2.45, 2.75) is 25.0 Å². The minimum Gasteiger partial charge on any atom is -0.481 e. The zero-order valence-electron chi connectivity index (χ0n) is 6.90. The number of aliphatic carboxylic acids is 1. The number of rotatable bonds is 3. The Hall–Kier alpha value is -0.610. The van der Waals surface area contributed by atoms with Gasteiger partial charge in [-0.1, -0.05) is 0 Å². The van der Waals surface area contributed by atoms with Crippen LogP contribution in [0.5, 0.6) is 0 Å². The number of carbonyl (C=O) groups is 1. The van der Waals surface area contributed by atoms with Crippen LogP contribution in [0.25, 0.3) is 0 Å². The molecule has 2 bridgehead atoms. The van der Waals surface area contributed by atoms with Crippen molar-refractivity contribution in [1.82, 2.24) is 4.90 Å². The van der Waals surface area contributed by atoms with Gasteiger partial charge in [0, 0.05) is 26.1 Å². The first-order chi connectivity index (χ1) is 5.74. The molecule has 0 aromatic rings. The van der Waals surface area contributed by atoms with E-state index in [9.17, 15) is 4.79 Å². The molecular formula is C8H13NO3. The van der Waals surface area contributed by atoms with Gasteiger partial charge < -0.3 is 9.84 Å². The quantitative estimate of drug-likeness (QED) is 0.646. The second-order valence-corrected chi connectivity index (χ2v) is 3.52. The first-order valence-electron chi connectivity index (χ1n) is 4.33. The van der Waals surface area contributed by atoms with Crippen LogP contribution in [0.2, 0.25) is 0 Å². The second kappa shape index (κ2) is 3.03. The Morgan fingerprint density at radius 1 is 1.50 bits per heavy atom. The van der Waals surface area contributed by atoms with Crippen LogP contribution in [-0.2, 0) is 9.53 Å². The van der Waals surface area contributed by atoms with Crippen molar-refractivity contribution in [3.8, 4) is 0 Å². The van der Waals surface area contributed by atoms with E-state index in [0.717, 1.165) is 13.1 Å². The van der Waals surface area contributed by atoms with Crippen LogP contribution in [0, 0.1) is 0 Å². The van der Waals surface area contributed by atoms with Gasteiger partial charge in [-0.3, -0.25) is 9.69 Å². The summed E-state index contributed by atoms with van der Waals surface area (Å²) in [5.41, 5.74) is 0. The highest BCUT2D eigenvalue weighted by Gasteiger charge is 2.37. The van der Waals surface area contributed by atoms with Crippen molar-refractivity contribution in [3.63, 3.8) is 0 Å². The lowest BCUT2D eigenvalue weighted by Gasteiger charge is -2.47. The maximum absolute atomic E-state index is 10.3. The number of carboxylic acid groups (broad SMARTS) is 1. The molecule has 2 unspecified atom stereocenters. The van der Waals surface area contributed by atoms with E-state index < -0.39 is 5.97 Å². The molecule has 3 aliphatic heterocycles. The summed E-state index contributed by atoms with van der Waals surface area (Å²) in [6.07, 6.45) is 2.19. The van der Waals surface area contributed by atoms with Crippen molar-refractivity contribution in [2.75, 3.05) is 19.6 Å². The Kier molecular flexibility index (Phi) is 2.02. The lowest BCUT2D eigenvalue weighted by Crippen LogP contribution is -2.57. The number of hydrogen-bond donors (Lipinski definition) is 1. The van der Waals surface area contributed by atoms with Crippen molar-refractivity contribution in [2.24, 2.45) is 0 Å². The molecule has 12 heavy (non-hydrogen) atoms. The molecule has 3 heterocycles. The Morgan fingerprint density at radius 2 is 2.08 bits per heavy atom. The zero-order valence-corrected chi connectivity index (χ0v) is 6.90. The number of morpholine rings is 1. The highest BCUT2D eigenvalue weighted by atomic mass is 16.5. The third kappa shape index (κ3) is 1.59. The van der Waals surface area contributed by atoms with E-state index in [0.29, 0.717) is 18.8 Å². The molecule has 0 aromatic heterocycles. The van der Waals surface area contributed by atoms with Gasteiger partial charge >= 0.3 is 5.97 Å². The predicted molar refractivity (Wildman–Crippen MR) is 42.0 cm³/mol. The smallest absolute Gasteiger partial charge is 0.304 e. The molecule has 4 nitrogen and oxygen atoms in total. The molecule has 3 fully saturated rings. The summed E-state index contributed by atoms with van der Waals surface area (Å²) < 4.78 is 5.42. The molecule has 0 saturated carbocycles. The first kappa shape index (κ1) is 8.01. The molecule has 0 spiro atoms. The zero-order chi connectivity index (χ0) is 8.55. The van der Waals surface area contributed by atoms with Crippen LogP contribution in [0.15, 0.2) is 0 Å². The molecule has 0 radical (unpaired) electrons. The normalized spacial score (nSPS) is 34.3. The van der Waals surface area contributed by atoms with E-state index >= 15 is 0 Å². The van der Waals surface area contributed by atoms with Crippen LogP contribution < -0.4 is 0 Å². The average molecular weight is 171 g/mol. The number of piperidine rings is 1. The molecule has 68 valence electrons. The molecule has 1 N–H and O–H groups in total. The lowest BCUT2D eigenvalue weighted by molar-refractivity contribution is -0.181. The molecule has 0 amide bonds. The van der Waals surface area contributed by atoms with E-state index in [-0.39, 0.29) is 6.42 Å². The molecule has 2 atom stereocenters. The summed E-state index contributed by atoms with van der Waals surface area (Å²) >= 11 is 0. The third-order valence-electron chi connectivity index (χ3n) is 2.48. The highest BCUT2D eigenvalue weighted by molar-refractivity contribution is 5.66. The number of ether oxygens (including phenoxy) is 1. The van der Waals surface area contributed by atoms with E-state index in [1.807, 2.05) is 0 Å². The molecule has 0 aliphatic carbocycles. The van der Waals surface area contributed by atoms with Gasteiger partial charge in [0.2, 0.25) is 0 Å². The van der Waals surface area contributed by atoms with Crippen LogP contribution in [0.3, 0.4) is 0 Å². The van der Waals surface area contributed by atoms with Crippen molar-refractivity contribution in [3.05, 3.63) is 0 Å². The van der Waals surface area contributed by atoms with E-state index in [1.165, 1.54) is 6.42 Å². The molecule has 0 aromatic carbocycles. The van der Waals surface area contributed by atoms with Crippen LogP contribution >= 0.6 is 0 Å². The Labute approximate surface area is 71.1 Å². The lowest BCUT2D eigenvalue weighted by atomic mass is 9.99. The molecule has 3 rings (SSSR count). The molecule has 3 aliphatic rings. The molecule has 3 saturated heterocycles. The van der Waals surface area contributed by atoms with E-state index in [4.69, 9.17) is 9.84 Å². The van der Waals surface area contributed by atoms with Crippen LogP contribution in [0.1, 0.15) is 12.8 Å². The summed E-state index contributed by atoms with van der Waals surface area (Å²) in [5, 5.41) is 8.46. The average Bonchev–Trinajstić information content (AvgIpc) is 2.00. The number of fused-ring (bicyclic) bond motifs is 2. The Bertz CT molecular complexity index is 179. The number of carboxylic acids is 1. The fourth-order valence-electron chi connectivity index (χ4n) is 1.88. The second-order valence-electron chi connectivity index (χ2n) is 3.52. The number of nitrogens with zero attached hydrogens (tertiary/aromatic N) is 1. The van der Waals surface area contributed by atoms with Gasteiger partial charge in [-0.05, 0) is 0 Å². The van der Waals surface area contributed by atoms with Crippen LogP contribution in [-0.4, -0.2) is 47.8 Å². The minimum atomic E-state index is -0.713. The number of hydrogen-bond acceptors (Lipinski definition) is 3. The fourth-order valence-corrected chi connectivity index (χ4v) is 1.88. The predicted octanol–water partition coefficient (Wildman–Crippen LogP) is -0.0658. The van der Waals surface area contributed by atoms with Gasteiger partial charge in [0.1, 0.15) is 0 Å². The van der Waals surface area contributed by atoms with Crippen molar-refractivity contribution < 1.29 is 14.6 Å². The van der Waals surface area contributed by atoms with Gasteiger partial charge in [0.25, 0.3) is 0 Å². The summed E-state index contributed by atoms with van der Waals surface area (Å²) in [7, 11) is 0. The van der Waals surface area contributed by atoms with Crippen molar-refractivity contribution in [1.29, 1.82) is 0 Å². The summed E-state index contributed by atoms with van der Waals surface area (Å²) in [6, 6.07) is 0. The van der Waals surface area contributed by atoms with Gasteiger partial charge in [0.05, 0.1) is 18.6 Å². The third-order valence-corrected chi connectivity index (χ3v) is 2.48. The maximum atomic E-state index is 10.3. The van der Waals surface area contributed by atoms with Gasteiger partial charge in [0.15, 0.2) is 0 Å². The summed E-state index contributed by atoms with van der Waals surface area (Å²) in [4.78, 5) is 12.5. The highest BCUT2D eigenvalue weighted by Crippen LogP contribution is 2.27. The van der Waals surface area contributed by atoms with E-state index in [1.54, 1.807) is 0 Å². The Morgan fingerprint density at radius 3 is 2.58 bits per heavy atom. The van der Waals surface area contributed by atoms with E-state index in [2.05, 4.69) is 4.90 Å². The maximum Gasteiger partial charge on any atom is 0.304 e. The first-order valence-corrected chi connectivity index (χ1v) is 4.33. The van der Waals surface area contributed by atoms with Crippen LogP contribution in [0.4, 0.5) is 0 Å². The Balaban J connectivity index is 1.72. The SMILES string of the molecule is O=C(O)CCN1CC2CC(C1)O2. The topological polar surface area (TPSA) is 49.8 Å². The van der Waals surface area contributed by atoms with Gasteiger partial charge in [-0.2, -0.15) is 0 Å². The summed E-state index contributed by atoms with van der Waals surface area (Å²) in [6.45, 7) is 2.51. The standard InChI is InChI=1S/C8H13NO3/c10-8(11)1-2-9-4-6-3-7(5-9)12-6/h6-7H,1-5H2,(H,10,11). The molecular weight excluding hydrogens is 158 g/mol. The fraction of sp³-hybridized carbons (Fsp3) is 0.875. The van der Waals surface area contributed by atoms with Gasteiger partial charge in [-0.15, -0.1) is 0 Å². The minimum absolute atomic E-state index is 0.249. The largest absolute Gasteiger partial charge is 0.481 e. The monoisotopic (exact) mass is 171 g/mol.